The van der Waals surface area contributed by atoms with Crippen LogP contribution >= 0.6 is 15.9 Å². The van der Waals surface area contributed by atoms with Crippen LogP contribution in [0, 0.1) is 0 Å². The van der Waals surface area contributed by atoms with E-state index in [1.807, 2.05) is 0 Å². The maximum absolute atomic E-state index is 11.5. The number of halogens is 1. The summed E-state index contributed by atoms with van der Waals surface area (Å²) in [7, 11) is 0. The number of oxime groups is 1. The van der Waals surface area contributed by atoms with Crippen molar-refractivity contribution in [2.75, 3.05) is 6.61 Å². The van der Waals surface area contributed by atoms with Crippen LogP contribution in [0.25, 0.3) is 0 Å². The SMILES string of the molecule is CCOC(=O)C1=NO[C@]2(CCC(=O)O2)[C@@H]1Br. The van der Waals surface area contributed by atoms with Crippen LogP contribution in [0.5, 0.6) is 0 Å². The quantitative estimate of drug-likeness (QED) is 0.554. The summed E-state index contributed by atoms with van der Waals surface area (Å²) in [6.45, 7) is 1.95. The van der Waals surface area contributed by atoms with Crippen LogP contribution in [0.3, 0.4) is 0 Å². The highest BCUT2D eigenvalue weighted by Crippen LogP contribution is 2.40. The van der Waals surface area contributed by atoms with Gasteiger partial charge in [-0.25, -0.2) is 4.79 Å². The van der Waals surface area contributed by atoms with Crippen molar-refractivity contribution in [2.24, 2.45) is 5.16 Å². The highest BCUT2D eigenvalue weighted by atomic mass is 79.9. The molecule has 1 fully saturated rings. The molecule has 2 atom stereocenters. The molecule has 88 valence electrons. The van der Waals surface area contributed by atoms with Crippen molar-refractivity contribution in [1.82, 2.24) is 0 Å². The fourth-order valence-corrected chi connectivity index (χ4v) is 2.26. The Bertz CT molecular complexity index is 369. The molecule has 0 aliphatic carbocycles. The number of alkyl halides is 1. The summed E-state index contributed by atoms with van der Waals surface area (Å²) in [6, 6.07) is 0. The third-order valence-electron chi connectivity index (χ3n) is 2.37. The van der Waals surface area contributed by atoms with E-state index >= 15 is 0 Å². The molecule has 2 aliphatic heterocycles. The fourth-order valence-electron chi connectivity index (χ4n) is 1.59. The first kappa shape index (κ1) is 11.4. The van der Waals surface area contributed by atoms with Gasteiger partial charge in [-0.15, -0.1) is 0 Å². The van der Waals surface area contributed by atoms with E-state index in [0.29, 0.717) is 6.42 Å². The van der Waals surface area contributed by atoms with Gasteiger partial charge < -0.3 is 14.3 Å². The van der Waals surface area contributed by atoms with Crippen molar-refractivity contribution in [1.29, 1.82) is 0 Å². The Kier molecular flexibility index (Phi) is 2.88. The minimum atomic E-state index is -1.17. The van der Waals surface area contributed by atoms with Gasteiger partial charge in [-0.3, -0.25) is 4.79 Å². The molecule has 2 aliphatic rings. The number of hydrogen-bond donors (Lipinski definition) is 0. The van der Waals surface area contributed by atoms with Crippen LogP contribution in [-0.4, -0.2) is 34.9 Å². The lowest BCUT2D eigenvalue weighted by Crippen LogP contribution is -2.41. The molecule has 6 nitrogen and oxygen atoms in total. The zero-order valence-electron chi connectivity index (χ0n) is 8.57. The summed E-state index contributed by atoms with van der Waals surface area (Å²) in [5, 5.41) is 3.62. The Morgan fingerprint density at radius 3 is 3.06 bits per heavy atom. The molecule has 0 aromatic heterocycles. The van der Waals surface area contributed by atoms with E-state index in [-0.39, 0.29) is 24.7 Å². The van der Waals surface area contributed by atoms with Crippen molar-refractivity contribution in [3.8, 4) is 0 Å². The van der Waals surface area contributed by atoms with Gasteiger partial charge in [0.2, 0.25) is 0 Å². The van der Waals surface area contributed by atoms with Crippen molar-refractivity contribution in [3.63, 3.8) is 0 Å². The van der Waals surface area contributed by atoms with E-state index in [2.05, 4.69) is 21.1 Å². The smallest absolute Gasteiger partial charge is 0.357 e. The lowest BCUT2D eigenvalue weighted by atomic mass is 10.1. The molecule has 0 amide bonds. The Hall–Kier alpha value is -1.11. The average molecular weight is 292 g/mol. The number of carbonyl (C=O) groups is 2. The number of ether oxygens (including phenoxy) is 2. The Labute approximate surface area is 100 Å². The number of carbonyl (C=O) groups excluding carboxylic acids is 2. The molecule has 1 spiro atoms. The van der Waals surface area contributed by atoms with Crippen LogP contribution in [0.4, 0.5) is 0 Å². The van der Waals surface area contributed by atoms with Crippen molar-refractivity contribution in [3.05, 3.63) is 0 Å². The van der Waals surface area contributed by atoms with Crippen LogP contribution in [-0.2, 0) is 23.9 Å². The molecular weight excluding hydrogens is 282 g/mol. The van der Waals surface area contributed by atoms with E-state index in [1.165, 1.54) is 0 Å². The normalized spacial score (nSPS) is 32.2. The number of hydrogen-bond acceptors (Lipinski definition) is 6. The molecule has 0 aromatic carbocycles. The van der Waals surface area contributed by atoms with Crippen LogP contribution < -0.4 is 0 Å². The zero-order valence-corrected chi connectivity index (χ0v) is 10.2. The molecule has 0 radical (unpaired) electrons. The maximum atomic E-state index is 11.5. The molecule has 1 saturated heterocycles. The molecule has 2 rings (SSSR count). The Morgan fingerprint density at radius 1 is 1.75 bits per heavy atom. The molecule has 0 saturated carbocycles. The number of rotatable bonds is 2. The first-order valence-corrected chi connectivity index (χ1v) is 5.80. The molecule has 2 heterocycles. The third-order valence-corrected chi connectivity index (χ3v) is 3.50. The summed E-state index contributed by atoms with van der Waals surface area (Å²) in [6.07, 6.45) is 0.627. The Morgan fingerprint density at radius 2 is 2.50 bits per heavy atom. The van der Waals surface area contributed by atoms with Crippen LogP contribution in [0.15, 0.2) is 5.16 Å². The molecule has 0 aromatic rings. The van der Waals surface area contributed by atoms with Crippen molar-refractivity contribution in [2.45, 2.75) is 30.4 Å². The van der Waals surface area contributed by atoms with Crippen molar-refractivity contribution >= 4 is 33.6 Å². The van der Waals surface area contributed by atoms with Gasteiger partial charge in [-0.2, -0.15) is 0 Å². The van der Waals surface area contributed by atoms with E-state index < -0.39 is 16.6 Å². The van der Waals surface area contributed by atoms with Gasteiger partial charge in [0.05, 0.1) is 13.0 Å². The van der Waals surface area contributed by atoms with E-state index in [9.17, 15) is 9.59 Å². The van der Waals surface area contributed by atoms with Crippen molar-refractivity contribution < 1.29 is 23.9 Å². The van der Waals surface area contributed by atoms with Gasteiger partial charge in [0, 0.05) is 6.42 Å². The minimum Gasteiger partial charge on any atom is -0.461 e. The largest absolute Gasteiger partial charge is 0.461 e. The van der Waals surface area contributed by atoms with Gasteiger partial charge >= 0.3 is 11.9 Å². The van der Waals surface area contributed by atoms with Gasteiger partial charge in [0.25, 0.3) is 5.79 Å². The molecule has 16 heavy (non-hydrogen) atoms. The maximum Gasteiger partial charge on any atom is 0.357 e. The second-order valence-electron chi connectivity index (χ2n) is 3.44. The third kappa shape index (κ3) is 1.68. The zero-order chi connectivity index (χ0) is 11.8. The highest BCUT2D eigenvalue weighted by Gasteiger charge is 2.56. The van der Waals surface area contributed by atoms with Gasteiger partial charge in [0.15, 0.2) is 5.71 Å². The summed E-state index contributed by atoms with van der Waals surface area (Å²) < 4.78 is 9.86. The van der Waals surface area contributed by atoms with Gasteiger partial charge in [-0.1, -0.05) is 21.1 Å². The Balaban J connectivity index is 2.11. The molecule has 0 bridgehead atoms. The summed E-state index contributed by atoms with van der Waals surface area (Å²) in [4.78, 5) is 27.0. The number of esters is 2. The van der Waals surface area contributed by atoms with Crippen LogP contribution in [0.2, 0.25) is 0 Å². The first-order valence-electron chi connectivity index (χ1n) is 4.88. The standard InChI is InChI=1S/C9H10BrNO5/c1-2-14-8(13)6-7(10)9(16-11-6)4-3-5(12)15-9/h7H,2-4H2,1H3/t7-,9-/m1/s1. The fraction of sp³-hybridized carbons (Fsp3) is 0.667. The molecule has 0 unspecified atom stereocenters. The molecule has 0 N–H and O–H groups in total. The molecule has 7 heteroatoms. The predicted molar refractivity (Wildman–Crippen MR) is 55.9 cm³/mol. The minimum absolute atomic E-state index is 0.0940. The van der Waals surface area contributed by atoms with Gasteiger partial charge in [-0.05, 0) is 6.92 Å². The van der Waals surface area contributed by atoms with E-state index in [4.69, 9.17) is 14.3 Å². The summed E-state index contributed by atoms with van der Waals surface area (Å²) >= 11 is 3.25. The first-order chi connectivity index (χ1) is 7.59. The number of nitrogens with zero attached hydrogens (tertiary/aromatic N) is 1. The second kappa shape index (κ2) is 4.04. The average Bonchev–Trinajstić information content (AvgIpc) is 2.75. The lowest BCUT2D eigenvalue weighted by molar-refractivity contribution is -0.197. The summed E-state index contributed by atoms with van der Waals surface area (Å²) in [5.41, 5.74) is 0.0940. The highest BCUT2D eigenvalue weighted by molar-refractivity contribution is 9.10. The van der Waals surface area contributed by atoms with Gasteiger partial charge in [0.1, 0.15) is 4.83 Å². The monoisotopic (exact) mass is 291 g/mol. The predicted octanol–water partition coefficient (Wildman–Crippen LogP) is 0.732. The van der Waals surface area contributed by atoms with E-state index in [1.54, 1.807) is 6.92 Å². The summed E-state index contributed by atoms with van der Waals surface area (Å²) in [5.74, 6) is -2.09. The second-order valence-corrected chi connectivity index (χ2v) is 4.35. The van der Waals surface area contributed by atoms with E-state index in [0.717, 1.165) is 0 Å². The lowest BCUT2D eigenvalue weighted by Gasteiger charge is -2.22. The molecular formula is C9H10BrNO5. The topological polar surface area (TPSA) is 74.2 Å². The van der Waals surface area contributed by atoms with Crippen LogP contribution in [0.1, 0.15) is 19.8 Å².